The number of carbonyl (C=O) groups is 1. The molecule has 0 atom stereocenters. The number of pyridine rings is 1. The number of nitrogens with zero attached hydrogens (tertiary/aromatic N) is 5. The summed E-state index contributed by atoms with van der Waals surface area (Å²) in [5.74, 6) is -0.200. The number of rotatable bonds is 3. The van der Waals surface area contributed by atoms with Crippen molar-refractivity contribution in [2.45, 2.75) is 0 Å². The van der Waals surface area contributed by atoms with Crippen LogP contribution in [0.25, 0.3) is 16.6 Å². The van der Waals surface area contributed by atoms with Crippen molar-refractivity contribution in [3.05, 3.63) is 72.7 Å². The summed E-state index contributed by atoms with van der Waals surface area (Å²) in [5.41, 5.74) is 2.72. The van der Waals surface area contributed by atoms with Crippen LogP contribution in [-0.4, -0.2) is 31.1 Å². The lowest BCUT2D eigenvalue weighted by atomic mass is 10.1. The molecule has 24 heavy (non-hydrogen) atoms. The third-order valence-electron chi connectivity index (χ3n) is 3.62. The highest BCUT2D eigenvalue weighted by Crippen LogP contribution is 2.18. The number of tetrazole rings is 1. The van der Waals surface area contributed by atoms with Gasteiger partial charge in [-0.2, -0.15) is 0 Å². The maximum absolute atomic E-state index is 12.6. The monoisotopic (exact) mass is 316 g/mol. The normalized spacial score (nSPS) is 10.7. The third kappa shape index (κ3) is 2.58. The second kappa shape index (κ2) is 5.88. The first-order chi connectivity index (χ1) is 11.8. The van der Waals surface area contributed by atoms with E-state index in [0.717, 1.165) is 11.1 Å². The maximum Gasteiger partial charge on any atom is 0.257 e. The number of fused-ring (bicyclic) bond motifs is 1. The Labute approximate surface area is 137 Å². The first-order valence-electron chi connectivity index (χ1n) is 7.30. The van der Waals surface area contributed by atoms with Gasteiger partial charge in [0.25, 0.3) is 5.91 Å². The van der Waals surface area contributed by atoms with E-state index in [1.807, 2.05) is 36.4 Å². The fraction of sp³-hybridized carbons (Fsp3) is 0. The Morgan fingerprint density at radius 2 is 1.83 bits per heavy atom. The number of aromatic nitrogens is 5. The van der Waals surface area contributed by atoms with Crippen LogP contribution in [0.4, 0.5) is 5.69 Å². The van der Waals surface area contributed by atoms with Crippen LogP contribution in [0.5, 0.6) is 0 Å². The molecule has 0 saturated carbocycles. The summed E-state index contributed by atoms with van der Waals surface area (Å²) in [6, 6.07) is 16.6. The SMILES string of the molecule is O=C(Nc1ccc(-n2cnnn2)cc1)c1cccc2cccnc12. The predicted molar refractivity (Wildman–Crippen MR) is 88.9 cm³/mol. The number of nitrogens with one attached hydrogen (secondary N) is 1. The smallest absolute Gasteiger partial charge is 0.257 e. The molecule has 0 fully saturated rings. The van der Waals surface area contributed by atoms with Crippen LogP contribution in [0.1, 0.15) is 10.4 Å². The van der Waals surface area contributed by atoms with Gasteiger partial charge in [-0.15, -0.1) is 5.10 Å². The van der Waals surface area contributed by atoms with E-state index in [2.05, 4.69) is 25.8 Å². The summed E-state index contributed by atoms with van der Waals surface area (Å²) in [6.07, 6.45) is 3.19. The maximum atomic E-state index is 12.6. The quantitative estimate of drug-likeness (QED) is 0.627. The molecule has 0 bridgehead atoms. The molecular weight excluding hydrogens is 304 g/mol. The molecule has 4 rings (SSSR count). The lowest BCUT2D eigenvalue weighted by molar-refractivity contribution is 0.102. The number of para-hydroxylation sites is 1. The van der Waals surface area contributed by atoms with Gasteiger partial charge in [-0.25, -0.2) is 4.68 Å². The van der Waals surface area contributed by atoms with Gasteiger partial charge in [0.05, 0.1) is 16.8 Å². The van der Waals surface area contributed by atoms with E-state index >= 15 is 0 Å². The molecule has 116 valence electrons. The number of hydrogen-bond donors (Lipinski definition) is 1. The van der Waals surface area contributed by atoms with Gasteiger partial charge in [-0.05, 0) is 46.8 Å². The summed E-state index contributed by atoms with van der Waals surface area (Å²) in [5, 5.41) is 14.8. The van der Waals surface area contributed by atoms with Gasteiger partial charge in [0.1, 0.15) is 6.33 Å². The highest BCUT2D eigenvalue weighted by Gasteiger charge is 2.11. The van der Waals surface area contributed by atoms with Crippen molar-refractivity contribution in [3.8, 4) is 5.69 Å². The molecule has 1 amide bonds. The summed E-state index contributed by atoms with van der Waals surface area (Å²) in [4.78, 5) is 16.9. The molecule has 7 heteroatoms. The van der Waals surface area contributed by atoms with Crippen LogP contribution in [0.15, 0.2) is 67.1 Å². The number of anilines is 1. The molecule has 1 N–H and O–H groups in total. The topological polar surface area (TPSA) is 85.6 Å². The van der Waals surface area contributed by atoms with Crippen molar-refractivity contribution < 1.29 is 4.79 Å². The van der Waals surface area contributed by atoms with Crippen molar-refractivity contribution in [2.75, 3.05) is 5.32 Å². The Balaban J connectivity index is 1.59. The number of hydrogen-bond acceptors (Lipinski definition) is 5. The van der Waals surface area contributed by atoms with Crippen molar-refractivity contribution in [3.63, 3.8) is 0 Å². The predicted octanol–water partition coefficient (Wildman–Crippen LogP) is 2.46. The second-order valence-electron chi connectivity index (χ2n) is 5.14. The largest absolute Gasteiger partial charge is 0.322 e. The molecule has 0 aliphatic rings. The molecule has 0 aliphatic carbocycles. The molecule has 2 heterocycles. The minimum absolute atomic E-state index is 0.200. The standard InChI is InChI=1S/C17H12N6O/c24-17(15-5-1-3-12-4-2-10-18-16(12)15)20-13-6-8-14(9-7-13)23-11-19-21-22-23/h1-11H,(H,20,24). The zero-order chi connectivity index (χ0) is 16.4. The Morgan fingerprint density at radius 3 is 2.62 bits per heavy atom. The van der Waals surface area contributed by atoms with Crippen LogP contribution in [0, 0.1) is 0 Å². The van der Waals surface area contributed by atoms with Crippen molar-refractivity contribution in [1.82, 2.24) is 25.2 Å². The van der Waals surface area contributed by atoms with E-state index < -0.39 is 0 Å². The van der Waals surface area contributed by atoms with E-state index in [0.29, 0.717) is 16.8 Å². The van der Waals surface area contributed by atoms with Gasteiger partial charge >= 0.3 is 0 Å². The van der Waals surface area contributed by atoms with Gasteiger partial charge < -0.3 is 5.32 Å². The van der Waals surface area contributed by atoms with E-state index in [4.69, 9.17) is 0 Å². The molecule has 0 saturated heterocycles. The van der Waals surface area contributed by atoms with Gasteiger partial charge in [0.2, 0.25) is 0 Å². The summed E-state index contributed by atoms with van der Waals surface area (Å²) < 4.78 is 1.54. The zero-order valence-electron chi connectivity index (χ0n) is 12.5. The lowest BCUT2D eigenvalue weighted by Crippen LogP contribution is -2.12. The minimum Gasteiger partial charge on any atom is -0.322 e. The summed E-state index contributed by atoms with van der Waals surface area (Å²) in [7, 11) is 0. The lowest BCUT2D eigenvalue weighted by Gasteiger charge is -2.08. The molecule has 0 aliphatic heterocycles. The highest BCUT2D eigenvalue weighted by molar-refractivity contribution is 6.11. The fourth-order valence-electron chi connectivity index (χ4n) is 2.46. The van der Waals surface area contributed by atoms with E-state index in [9.17, 15) is 4.79 Å². The molecule has 4 aromatic rings. The van der Waals surface area contributed by atoms with Crippen LogP contribution in [0.3, 0.4) is 0 Å². The molecular formula is C17H12N6O. The van der Waals surface area contributed by atoms with Crippen molar-refractivity contribution in [2.24, 2.45) is 0 Å². The van der Waals surface area contributed by atoms with Crippen LogP contribution < -0.4 is 5.32 Å². The van der Waals surface area contributed by atoms with Gasteiger partial charge in [-0.3, -0.25) is 9.78 Å². The molecule has 2 aromatic heterocycles. The summed E-state index contributed by atoms with van der Waals surface area (Å²) >= 11 is 0. The van der Waals surface area contributed by atoms with Crippen LogP contribution in [-0.2, 0) is 0 Å². The Kier molecular flexibility index (Phi) is 3.43. The van der Waals surface area contributed by atoms with Crippen LogP contribution in [0.2, 0.25) is 0 Å². The average molecular weight is 316 g/mol. The summed E-state index contributed by atoms with van der Waals surface area (Å²) in [6.45, 7) is 0. The molecule has 0 spiro atoms. The second-order valence-corrected chi connectivity index (χ2v) is 5.14. The number of benzene rings is 2. The van der Waals surface area contributed by atoms with E-state index in [-0.39, 0.29) is 5.91 Å². The Hall–Kier alpha value is -3.61. The zero-order valence-corrected chi connectivity index (χ0v) is 12.5. The van der Waals surface area contributed by atoms with Gasteiger partial charge in [0.15, 0.2) is 0 Å². The van der Waals surface area contributed by atoms with Gasteiger partial charge in [-0.1, -0.05) is 18.2 Å². The number of amides is 1. The average Bonchev–Trinajstić information content (AvgIpc) is 3.16. The third-order valence-corrected chi connectivity index (χ3v) is 3.62. The van der Waals surface area contributed by atoms with E-state index in [1.54, 1.807) is 29.1 Å². The molecule has 0 radical (unpaired) electrons. The fourth-order valence-corrected chi connectivity index (χ4v) is 2.46. The molecule has 7 nitrogen and oxygen atoms in total. The van der Waals surface area contributed by atoms with Crippen LogP contribution >= 0.6 is 0 Å². The van der Waals surface area contributed by atoms with Gasteiger partial charge in [0, 0.05) is 17.3 Å². The minimum atomic E-state index is -0.200. The molecule has 0 unspecified atom stereocenters. The first kappa shape index (κ1) is 14.0. The molecule has 2 aromatic carbocycles. The van der Waals surface area contributed by atoms with E-state index in [1.165, 1.54) is 6.33 Å². The number of carbonyl (C=O) groups excluding carboxylic acids is 1. The Bertz CT molecular complexity index is 990. The Morgan fingerprint density at radius 1 is 1.00 bits per heavy atom. The van der Waals surface area contributed by atoms with Crippen molar-refractivity contribution >= 4 is 22.5 Å². The highest BCUT2D eigenvalue weighted by atomic mass is 16.1. The first-order valence-corrected chi connectivity index (χ1v) is 7.30. The van der Waals surface area contributed by atoms with Crippen molar-refractivity contribution in [1.29, 1.82) is 0 Å².